The Balaban J connectivity index is 2.98. The van der Waals surface area contributed by atoms with E-state index >= 15 is 0 Å². The summed E-state index contributed by atoms with van der Waals surface area (Å²) < 4.78 is 44.0. The Hall–Kier alpha value is -1.92. The average molecular weight is 304 g/mol. The lowest BCUT2D eigenvalue weighted by Gasteiger charge is -2.23. The van der Waals surface area contributed by atoms with Crippen LogP contribution in [-0.4, -0.2) is 11.7 Å². The Morgan fingerprint density at radius 1 is 1.29 bits per heavy atom. The number of amides is 1. The van der Waals surface area contributed by atoms with Crippen molar-refractivity contribution in [3.8, 4) is 0 Å². The maximum atomic E-state index is 13.0. The number of anilines is 1. The van der Waals surface area contributed by atoms with Crippen molar-refractivity contribution in [2.75, 3.05) is 5.73 Å². The highest BCUT2D eigenvalue weighted by molar-refractivity contribution is 5.68. The zero-order chi connectivity index (χ0) is 16.4. The molecule has 0 aliphatic carbocycles. The van der Waals surface area contributed by atoms with Gasteiger partial charge in [-0.3, -0.25) is 0 Å². The molecule has 0 radical (unpaired) electrons. The van der Waals surface area contributed by atoms with Crippen molar-refractivity contribution in [1.82, 2.24) is 5.32 Å². The molecule has 0 heterocycles. The lowest BCUT2D eigenvalue weighted by atomic mass is 10.0. The molecule has 4 nitrogen and oxygen atoms in total. The van der Waals surface area contributed by atoms with E-state index in [4.69, 9.17) is 10.5 Å². The first-order valence-electron chi connectivity index (χ1n) is 6.36. The third kappa shape index (κ3) is 5.17. The molecular weight excluding hydrogens is 285 g/mol. The van der Waals surface area contributed by atoms with Crippen LogP contribution in [-0.2, 0) is 10.9 Å². The summed E-state index contributed by atoms with van der Waals surface area (Å²) in [6.45, 7) is 6.45. The molecule has 1 amide bonds. The quantitative estimate of drug-likeness (QED) is 0.815. The Labute approximate surface area is 121 Å². The van der Waals surface area contributed by atoms with Crippen molar-refractivity contribution in [3.63, 3.8) is 0 Å². The van der Waals surface area contributed by atoms with Crippen molar-refractivity contribution < 1.29 is 22.7 Å². The predicted octanol–water partition coefficient (Wildman–Crippen LogP) is 3.87. The van der Waals surface area contributed by atoms with E-state index in [9.17, 15) is 18.0 Å². The van der Waals surface area contributed by atoms with Crippen LogP contribution in [0.25, 0.3) is 0 Å². The summed E-state index contributed by atoms with van der Waals surface area (Å²) in [5.74, 6) is 0. The van der Waals surface area contributed by atoms with Gasteiger partial charge in [0, 0.05) is 5.69 Å². The SMILES string of the molecule is CC(NC(=O)OC(C)(C)C)c1ccc(N)cc1C(F)(F)F. The van der Waals surface area contributed by atoms with Crippen molar-refractivity contribution in [1.29, 1.82) is 0 Å². The van der Waals surface area contributed by atoms with Crippen molar-refractivity contribution in [3.05, 3.63) is 29.3 Å². The maximum Gasteiger partial charge on any atom is 0.416 e. The minimum absolute atomic E-state index is 0.00976. The Morgan fingerprint density at radius 3 is 2.33 bits per heavy atom. The van der Waals surface area contributed by atoms with Crippen LogP contribution < -0.4 is 11.1 Å². The number of alkyl halides is 3. The summed E-state index contributed by atoms with van der Waals surface area (Å²) in [4.78, 5) is 11.6. The van der Waals surface area contributed by atoms with Gasteiger partial charge >= 0.3 is 12.3 Å². The molecule has 0 bridgehead atoms. The number of rotatable bonds is 2. The topological polar surface area (TPSA) is 64.3 Å². The number of hydrogen-bond donors (Lipinski definition) is 2. The molecule has 0 fully saturated rings. The second-order valence-corrected chi connectivity index (χ2v) is 5.71. The highest BCUT2D eigenvalue weighted by atomic mass is 19.4. The summed E-state index contributed by atoms with van der Waals surface area (Å²) in [7, 11) is 0. The van der Waals surface area contributed by atoms with Crippen LogP contribution in [0.15, 0.2) is 18.2 Å². The molecule has 118 valence electrons. The van der Waals surface area contributed by atoms with Gasteiger partial charge in [-0.05, 0) is 45.4 Å². The molecule has 21 heavy (non-hydrogen) atoms. The Kier molecular flexibility index (Phi) is 4.76. The van der Waals surface area contributed by atoms with E-state index in [1.54, 1.807) is 20.8 Å². The molecule has 0 saturated carbocycles. The number of alkyl carbamates (subject to hydrolysis) is 1. The Bertz CT molecular complexity index is 522. The molecule has 0 aliphatic heterocycles. The third-order valence-corrected chi connectivity index (χ3v) is 2.58. The third-order valence-electron chi connectivity index (χ3n) is 2.58. The summed E-state index contributed by atoms with van der Waals surface area (Å²) in [6, 6.07) is 2.60. The van der Waals surface area contributed by atoms with E-state index in [2.05, 4.69) is 5.32 Å². The number of benzene rings is 1. The van der Waals surface area contributed by atoms with Crippen LogP contribution in [0, 0.1) is 0 Å². The standard InChI is InChI=1S/C14H19F3N2O2/c1-8(19-12(20)21-13(2,3)4)10-6-5-9(18)7-11(10)14(15,16)17/h5-8H,18H2,1-4H3,(H,19,20). The number of carbonyl (C=O) groups excluding carboxylic acids is 1. The van der Waals surface area contributed by atoms with Gasteiger partial charge in [0.1, 0.15) is 5.60 Å². The smallest absolute Gasteiger partial charge is 0.416 e. The van der Waals surface area contributed by atoms with E-state index in [1.165, 1.54) is 19.1 Å². The van der Waals surface area contributed by atoms with Crippen LogP contribution >= 0.6 is 0 Å². The van der Waals surface area contributed by atoms with E-state index in [0.717, 1.165) is 6.07 Å². The van der Waals surface area contributed by atoms with Gasteiger partial charge in [0.15, 0.2) is 0 Å². The van der Waals surface area contributed by atoms with Crippen LogP contribution in [0.2, 0.25) is 0 Å². The van der Waals surface area contributed by atoms with E-state index in [0.29, 0.717) is 0 Å². The highest BCUT2D eigenvalue weighted by Crippen LogP contribution is 2.35. The summed E-state index contributed by atoms with van der Waals surface area (Å²) in [5.41, 5.74) is 3.75. The molecule has 1 aromatic carbocycles. The Morgan fingerprint density at radius 2 is 1.86 bits per heavy atom. The van der Waals surface area contributed by atoms with Crippen LogP contribution in [0.4, 0.5) is 23.7 Å². The molecule has 1 rings (SSSR count). The van der Waals surface area contributed by atoms with E-state index in [-0.39, 0.29) is 11.3 Å². The number of nitrogens with two attached hydrogens (primary N) is 1. The first-order valence-corrected chi connectivity index (χ1v) is 6.36. The number of hydrogen-bond acceptors (Lipinski definition) is 3. The molecule has 1 aromatic rings. The minimum atomic E-state index is -4.55. The van der Waals surface area contributed by atoms with Crippen molar-refractivity contribution in [2.45, 2.75) is 45.5 Å². The molecule has 1 atom stereocenters. The molecule has 0 spiro atoms. The maximum absolute atomic E-state index is 13.0. The van der Waals surface area contributed by atoms with Crippen LogP contribution in [0.1, 0.15) is 44.9 Å². The largest absolute Gasteiger partial charge is 0.444 e. The van der Waals surface area contributed by atoms with Crippen LogP contribution in [0.3, 0.4) is 0 Å². The van der Waals surface area contributed by atoms with Crippen molar-refractivity contribution in [2.24, 2.45) is 0 Å². The second-order valence-electron chi connectivity index (χ2n) is 5.71. The number of halogens is 3. The minimum Gasteiger partial charge on any atom is -0.444 e. The van der Waals surface area contributed by atoms with Gasteiger partial charge < -0.3 is 15.8 Å². The van der Waals surface area contributed by atoms with Gasteiger partial charge in [0.2, 0.25) is 0 Å². The molecular formula is C14H19F3N2O2. The van der Waals surface area contributed by atoms with Gasteiger partial charge in [-0.1, -0.05) is 6.07 Å². The summed E-state index contributed by atoms with van der Waals surface area (Å²) >= 11 is 0. The fraction of sp³-hybridized carbons (Fsp3) is 0.500. The first kappa shape index (κ1) is 17.1. The summed E-state index contributed by atoms with van der Waals surface area (Å²) in [5, 5.41) is 2.38. The molecule has 3 N–H and O–H groups in total. The number of nitrogen functional groups attached to an aromatic ring is 1. The van der Waals surface area contributed by atoms with E-state index in [1.807, 2.05) is 0 Å². The van der Waals surface area contributed by atoms with Crippen LogP contribution in [0.5, 0.6) is 0 Å². The van der Waals surface area contributed by atoms with Gasteiger partial charge in [0.25, 0.3) is 0 Å². The monoisotopic (exact) mass is 304 g/mol. The average Bonchev–Trinajstić information content (AvgIpc) is 2.24. The lowest BCUT2D eigenvalue weighted by molar-refractivity contribution is -0.138. The molecule has 0 aliphatic rings. The molecule has 0 saturated heterocycles. The number of nitrogens with one attached hydrogen (secondary N) is 1. The van der Waals surface area contributed by atoms with Gasteiger partial charge in [-0.15, -0.1) is 0 Å². The summed E-state index contributed by atoms with van der Waals surface area (Å²) in [6.07, 6.45) is -5.32. The van der Waals surface area contributed by atoms with Gasteiger partial charge in [0.05, 0.1) is 11.6 Å². The van der Waals surface area contributed by atoms with Gasteiger partial charge in [-0.2, -0.15) is 13.2 Å². The fourth-order valence-electron chi connectivity index (χ4n) is 1.76. The van der Waals surface area contributed by atoms with Crippen molar-refractivity contribution >= 4 is 11.8 Å². The lowest BCUT2D eigenvalue weighted by Crippen LogP contribution is -2.34. The molecule has 7 heteroatoms. The molecule has 1 unspecified atom stereocenters. The normalized spacial score (nSPS) is 13.7. The molecule has 0 aromatic heterocycles. The zero-order valence-electron chi connectivity index (χ0n) is 12.3. The van der Waals surface area contributed by atoms with Gasteiger partial charge in [-0.25, -0.2) is 4.79 Å². The number of ether oxygens (including phenoxy) is 1. The zero-order valence-corrected chi connectivity index (χ0v) is 12.3. The number of carbonyl (C=O) groups is 1. The fourth-order valence-corrected chi connectivity index (χ4v) is 1.76. The van der Waals surface area contributed by atoms with E-state index < -0.39 is 29.5 Å². The first-order chi connectivity index (χ1) is 9.40. The second kappa shape index (κ2) is 5.83. The predicted molar refractivity (Wildman–Crippen MR) is 73.6 cm³/mol. The highest BCUT2D eigenvalue weighted by Gasteiger charge is 2.35.